The van der Waals surface area contributed by atoms with Crippen molar-refractivity contribution < 1.29 is 8.85 Å². The van der Waals surface area contributed by atoms with E-state index in [-0.39, 0.29) is 15.9 Å². The largest absolute Gasteiger partial charge is 0.547 e. The van der Waals surface area contributed by atoms with E-state index >= 15 is 0 Å². The lowest BCUT2D eigenvalue weighted by molar-refractivity contribution is 0.0487. The van der Waals surface area contributed by atoms with Crippen LogP contribution in [0.1, 0.15) is 85.3 Å². The van der Waals surface area contributed by atoms with Gasteiger partial charge in [0.25, 0.3) is 0 Å². The van der Waals surface area contributed by atoms with Crippen LogP contribution in [0.4, 0.5) is 0 Å². The second kappa shape index (κ2) is 8.74. The number of fused-ring (bicyclic) bond motifs is 1. The number of rotatable bonds is 5. The summed E-state index contributed by atoms with van der Waals surface area (Å²) in [6.45, 7) is 25.8. The van der Waals surface area contributed by atoms with E-state index in [1.54, 1.807) is 0 Å². The molecule has 0 saturated heterocycles. The Morgan fingerprint density at radius 2 is 1.69 bits per heavy atom. The van der Waals surface area contributed by atoms with E-state index in [1.165, 1.54) is 29.5 Å². The SMILES string of the molecule is C[SiH](C)Oc1cc(C(C)(C)C)ccc1C1=CC[C@@]2(C)[C@@H](CC[C@@H]2O[Si](C)(C)C(C)(C)C)C1. The molecule has 1 fully saturated rings. The van der Waals surface area contributed by atoms with Gasteiger partial charge in [-0.1, -0.05) is 66.7 Å². The summed E-state index contributed by atoms with van der Waals surface area (Å²) in [6.07, 6.45) is 7.67. The van der Waals surface area contributed by atoms with Gasteiger partial charge in [-0.15, -0.1) is 0 Å². The van der Waals surface area contributed by atoms with E-state index in [1.807, 2.05) is 0 Å². The molecule has 0 radical (unpaired) electrons. The molecule has 2 aliphatic carbocycles. The van der Waals surface area contributed by atoms with E-state index in [9.17, 15) is 0 Å². The fraction of sp³-hybridized carbons (Fsp3) is 0.714. The maximum absolute atomic E-state index is 7.00. The molecule has 32 heavy (non-hydrogen) atoms. The van der Waals surface area contributed by atoms with Crippen molar-refractivity contribution in [3.8, 4) is 5.75 Å². The molecule has 2 aliphatic rings. The third-order valence-electron chi connectivity index (χ3n) is 8.50. The number of hydrogen-bond acceptors (Lipinski definition) is 2. The zero-order valence-electron chi connectivity index (χ0n) is 22.7. The van der Waals surface area contributed by atoms with Gasteiger partial charge in [-0.25, -0.2) is 0 Å². The summed E-state index contributed by atoms with van der Waals surface area (Å²) in [5.41, 5.74) is 4.57. The first-order valence-electron chi connectivity index (χ1n) is 12.7. The van der Waals surface area contributed by atoms with Gasteiger partial charge in [-0.05, 0) is 90.9 Å². The molecule has 4 heteroatoms. The summed E-state index contributed by atoms with van der Waals surface area (Å²) in [5, 5.41) is 0.263. The maximum Gasteiger partial charge on any atom is 0.229 e. The normalized spacial score (nSPS) is 26.8. The fourth-order valence-electron chi connectivity index (χ4n) is 5.15. The third kappa shape index (κ3) is 5.12. The lowest BCUT2D eigenvalue weighted by Gasteiger charge is -2.45. The standard InChI is InChI=1S/C28H48O2Si2/c1-26(2,3)21-12-14-23(24(19-21)29-31(8)9)20-16-17-28(7)22(18-20)13-15-25(28)30-32(10,11)27(4,5)6/h12,14,16,19,22,25,31H,13,15,17-18H2,1-11H3/t22-,25-,28-/m0/s1. The zero-order chi connectivity index (χ0) is 24.1. The minimum absolute atomic E-state index is 0.133. The van der Waals surface area contributed by atoms with Gasteiger partial charge in [0.2, 0.25) is 9.04 Å². The smallest absolute Gasteiger partial charge is 0.229 e. The fourth-order valence-corrected chi connectivity index (χ4v) is 7.31. The molecule has 3 atom stereocenters. The van der Waals surface area contributed by atoms with Gasteiger partial charge < -0.3 is 8.85 Å². The molecule has 0 bridgehead atoms. The monoisotopic (exact) mass is 472 g/mol. The van der Waals surface area contributed by atoms with Gasteiger partial charge in [0.1, 0.15) is 5.75 Å². The number of benzene rings is 1. The lowest BCUT2D eigenvalue weighted by Crippen LogP contribution is -2.48. The van der Waals surface area contributed by atoms with E-state index in [2.05, 4.69) is 98.9 Å². The molecule has 0 N–H and O–H groups in total. The Hall–Kier alpha value is -0.846. The summed E-state index contributed by atoms with van der Waals surface area (Å²) in [4.78, 5) is 0. The van der Waals surface area contributed by atoms with Crippen LogP contribution < -0.4 is 4.43 Å². The molecule has 0 aliphatic heterocycles. The second-order valence-corrected chi connectivity index (χ2v) is 20.5. The van der Waals surface area contributed by atoms with Crippen molar-refractivity contribution in [1.29, 1.82) is 0 Å². The van der Waals surface area contributed by atoms with Crippen molar-refractivity contribution in [2.45, 2.75) is 117 Å². The Kier molecular flexibility index (Phi) is 7.04. The van der Waals surface area contributed by atoms with Crippen LogP contribution in [0.25, 0.3) is 5.57 Å². The zero-order valence-corrected chi connectivity index (χ0v) is 24.8. The van der Waals surface area contributed by atoms with Crippen LogP contribution in [-0.2, 0) is 9.84 Å². The van der Waals surface area contributed by atoms with Crippen molar-refractivity contribution >= 4 is 22.9 Å². The summed E-state index contributed by atoms with van der Waals surface area (Å²) >= 11 is 0. The summed E-state index contributed by atoms with van der Waals surface area (Å²) in [6, 6.07) is 6.96. The van der Waals surface area contributed by atoms with Crippen LogP contribution in [0.5, 0.6) is 5.75 Å². The van der Waals surface area contributed by atoms with Crippen LogP contribution in [0.3, 0.4) is 0 Å². The first-order valence-corrected chi connectivity index (χ1v) is 18.4. The molecule has 0 amide bonds. The van der Waals surface area contributed by atoms with Crippen molar-refractivity contribution in [2.24, 2.45) is 11.3 Å². The molecule has 180 valence electrons. The Morgan fingerprint density at radius 3 is 2.25 bits per heavy atom. The molecule has 0 aromatic heterocycles. The van der Waals surface area contributed by atoms with Gasteiger partial charge >= 0.3 is 0 Å². The van der Waals surface area contributed by atoms with Gasteiger partial charge in [0.05, 0.1) is 6.10 Å². The number of allylic oxidation sites excluding steroid dienone is 2. The van der Waals surface area contributed by atoms with Crippen LogP contribution in [0, 0.1) is 11.3 Å². The Labute approximate surface area is 201 Å². The Balaban J connectivity index is 1.89. The maximum atomic E-state index is 7.00. The van der Waals surface area contributed by atoms with Gasteiger partial charge in [-0.3, -0.25) is 0 Å². The van der Waals surface area contributed by atoms with E-state index < -0.39 is 17.4 Å². The molecule has 0 heterocycles. The Morgan fingerprint density at radius 1 is 1.03 bits per heavy atom. The highest BCUT2D eigenvalue weighted by atomic mass is 28.4. The average molecular weight is 473 g/mol. The predicted octanol–water partition coefficient (Wildman–Crippen LogP) is 8.33. The summed E-state index contributed by atoms with van der Waals surface area (Å²) < 4.78 is 13.5. The number of hydrogen-bond donors (Lipinski definition) is 0. The first kappa shape index (κ1) is 25.8. The molecule has 0 unspecified atom stereocenters. The molecular formula is C28H48O2Si2. The highest BCUT2D eigenvalue weighted by Gasteiger charge is 2.51. The van der Waals surface area contributed by atoms with Gasteiger partial charge in [0, 0.05) is 5.56 Å². The molecule has 1 aromatic rings. The molecule has 0 spiro atoms. The molecule has 1 saturated carbocycles. The minimum atomic E-state index is -1.76. The van der Waals surface area contributed by atoms with Crippen molar-refractivity contribution in [2.75, 3.05) is 0 Å². The highest BCUT2D eigenvalue weighted by molar-refractivity contribution is 6.74. The lowest BCUT2D eigenvalue weighted by atomic mass is 9.68. The minimum Gasteiger partial charge on any atom is -0.547 e. The van der Waals surface area contributed by atoms with Crippen molar-refractivity contribution in [3.63, 3.8) is 0 Å². The summed E-state index contributed by atoms with van der Waals surface area (Å²) in [5.74, 6) is 1.81. The van der Waals surface area contributed by atoms with Crippen LogP contribution in [0.15, 0.2) is 24.3 Å². The summed E-state index contributed by atoms with van der Waals surface area (Å²) in [7, 11) is -2.95. The molecular weight excluding hydrogens is 424 g/mol. The van der Waals surface area contributed by atoms with Gasteiger partial charge in [-0.2, -0.15) is 0 Å². The Bertz CT molecular complexity index is 857. The van der Waals surface area contributed by atoms with Crippen LogP contribution >= 0.6 is 0 Å². The third-order valence-corrected chi connectivity index (χ3v) is 13.7. The molecule has 1 aromatic carbocycles. The van der Waals surface area contributed by atoms with E-state index in [0.29, 0.717) is 12.0 Å². The molecule has 3 rings (SSSR count). The van der Waals surface area contributed by atoms with Crippen LogP contribution in [-0.4, -0.2) is 23.5 Å². The second-order valence-electron chi connectivity index (χ2n) is 13.4. The predicted molar refractivity (Wildman–Crippen MR) is 145 cm³/mol. The van der Waals surface area contributed by atoms with Crippen molar-refractivity contribution in [1.82, 2.24) is 0 Å². The quantitative estimate of drug-likeness (QED) is 0.401. The van der Waals surface area contributed by atoms with E-state index in [0.717, 1.165) is 18.6 Å². The van der Waals surface area contributed by atoms with Crippen LogP contribution in [0.2, 0.25) is 31.2 Å². The van der Waals surface area contributed by atoms with E-state index in [4.69, 9.17) is 8.85 Å². The topological polar surface area (TPSA) is 18.5 Å². The van der Waals surface area contributed by atoms with Crippen molar-refractivity contribution in [3.05, 3.63) is 35.4 Å². The molecule has 2 nitrogen and oxygen atoms in total. The first-order chi connectivity index (χ1) is 14.5. The highest BCUT2D eigenvalue weighted by Crippen LogP contribution is 2.56. The van der Waals surface area contributed by atoms with Gasteiger partial charge in [0.15, 0.2) is 8.32 Å². The average Bonchev–Trinajstić information content (AvgIpc) is 2.95.